The Balaban J connectivity index is 1.60. The fourth-order valence-corrected chi connectivity index (χ4v) is 4.30. The van der Waals surface area contributed by atoms with Crippen LogP contribution < -0.4 is 10.6 Å². The predicted octanol–water partition coefficient (Wildman–Crippen LogP) is 4.92. The van der Waals surface area contributed by atoms with Crippen LogP contribution in [0.25, 0.3) is 0 Å². The Kier molecular flexibility index (Phi) is 8.09. The molecule has 1 heterocycles. The molecule has 0 spiro atoms. The molecule has 0 saturated carbocycles. The van der Waals surface area contributed by atoms with Gasteiger partial charge in [0.2, 0.25) is 5.91 Å². The van der Waals surface area contributed by atoms with E-state index in [0.29, 0.717) is 16.5 Å². The molecule has 0 fully saturated rings. The Morgan fingerprint density at radius 2 is 1.81 bits per heavy atom. The molecule has 7 nitrogen and oxygen atoms in total. The average molecular weight is 516 g/mol. The first-order chi connectivity index (χ1) is 15.3. The maximum Gasteiger partial charge on any atom is 0.251 e. The van der Waals surface area contributed by atoms with E-state index in [1.165, 1.54) is 11.8 Å². The van der Waals surface area contributed by atoms with Crippen LogP contribution >= 0.6 is 27.7 Å². The molecule has 1 atom stereocenters. The van der Waals surface area contributed by atoms with Gasteiger partial charge in [-0.25, -0.2) is 0 Å². The lowest BCUT2D eigenvalue weighted by atomic mass is 10.0. The third-order valence-electron chi connectivity index (χ3n) is 4.88. The summed E-state index contributed by atoms with van der Waals surface area (Å²) < 4.78 is 2.78. The van der Waals surface area contributed by atoms with Crippen molar-refractivity contribution in [1.82, 2.24) is 20.1 Å². The third kappa shape index (κ3) is 5.98. The minimum atomic E-state index is -0.334. The highest BCUT2D eigenvalue weighted by Gasteiger charge is 2.19. The summed E-state index contributed by atoms with van der Waals surface area (Å²) in [4.78, 5) is 24.9. The first-order valence-electron chi connectivity index (χ1n) is 10.2. The van der Waals surface area contributed by atoms with E-state index in [-0.39, 0.29) is 29.5 Å². The highest BCUT2D eigenvalue weighted by molar-refractivity contribution is 9.10. The second kappa shape index (κ2) is 10.8. The van der Waals surface area contributed by atoms with Gasteiger partial charge in [-0.1, -0.05) is 59.7 Å². The lowest BCUT2D eigenvalue weighted by molar-refractivity contribution is -0.113. The van der Waals surface area contributed by atoms with Crippen LogP contribution in [0.2, 0.25) is 0 Å². The largest absolute Gasteiger partial charge is 0.342 e. The van der Waals surface area contributed by atoms with Gasteiger partial charge in [0.05, 0.1) is 11.8 Å². The molecule has 1 unspecified atom stereocenters. The Labute approximate surface area is 200 Å². The zero-order valence-electron chi connectivity index (χ0n) is 18.4. The third-order valence-corrected chi connectivity index (χ3v) is 6.40. The summed E-state index contributed by atoms with van der Waals surface area (Å²) >= 11 is 4.78. The van der Waals surface area contributed by atoms with Crippen molar-refractivity contribution < 1.29 is 9.59 Å². The molecule has 2 aromatic carbocycles. The molecule has 9 heteroatoms. The summed E-state index contributed by atoms with van der Waals surface area (Å²) in [5, 5.41) is 14.9. The lowest BCUT2D eigenvalue weighted by Gasteiger charge is -2.15. The number of hydrogen-bond donors (Lipinski definition) is 2. The van der Waals surface area contributed by atoms with Gasteiger partial charge in [-0.3, -0.25) is 9.59 Å². The first kappa shape index (κ1) is 24.0. The molecule has 32 heavy (non-hydrogen) atoms. The van der Waals surface area contributed by atoms with E-state index >= 15 is 0 Å². The molecule has 0 radical (unpaired) electrons. The molecule has 2 amide bonds. The minimum Gasteiger partial charge on any atom is -0.342 e. The quantitative estimate of drug-likeness (QED) is 0.415. The van der Waals surface area contributed by atoms with E-state index in [0.717, 1.165) is 15.7 Å². The Bertz CT molecular complexity index is 1100. The molecule has 3 rings (SSSR count). The fourth-order valence-electron chi connectivity index (χ4n) is 3.20. The number of carbonyl (C=O) groups is 2. The van der Waals surface area contributed by atoms with Crippen LogP contribution in [0.5, 0.6) is 0 Å². The monoisotopic (exact) mass is 515 g/mol. The van der Waals surface area contributed by atoms with E-state index in [1.54, 1.807) is 16.7 Å². The Hall–Kier alpha value is -2.65. The number of thioether (sulfide) groups is 1. The standard InChI is InChI=1S/C23H26BrN5O2S/c1-14(2)18-12-17(24)10-11-19(18)26-20(30)13-32-23-28-27-21(29(23)4)15(3)25-22(31)16-8-6-5-7-9-16/h5-12,14-15H,13H2,1-4H3,(H,25,31)(H,26,30). The minimum absolute atomic E-state index is 0.116. The molecule has 0 saturated heterocycles. The molecule has 0 aliphatic heterocycles. The van der Waals surface area contributed by atoms with Crippen LogP contribution in [0.15, 0.2) is 58.2 Å². The summed E-state index contributed by atoms with van der Waals surface area (Å²) in [7, 11) is 1.83. The lowest BCUT2D eigenvalue weighted by Crippen LogP contribution is -2.28. The van der Waals surface area contributed by atoms with Crippen LogP contribution in [0.1, 0.15) is 54.5 Å². The van der Waals surface area contributed by atoms with Gasteiger partial charge in [-0.15, -0.1) is 10.2 Å². The number of carbonyl (C=O) groups excluding carboxylic acids is 2. The van der Waals surface area contributed by atoms with Crippen molar-refractivity contribution in [3.8, 4) is 0 Å². The predicted molar refractivity (Wildman–Crippen MR) is 131 cm³/mol. The highest BCUT2D eigenvalue weighted by atomic mass is 79.9. The average Bonchev–Trinajstić information content (AvgIpc) is 3.14. The van der Waals surface area contributed by atoms with Gasteiger partial charge in [0.1, 0.15) is 0 Å². The molecule has 1 aromatic heterocycles. The Morgan fingerprint density at radius 3 is 2.50 bits per heavy atom. The van der Waals surface area contributed by atoms with Crippen LogP contribution in [0, 0.1) is 0 Å². The van der Waals surface area contributed by atoms with Gasteiger partial charge in [0.25, 0.3) is 5.91 Å². The normalized spacial score (nSPS) is 11.9. The van der Waals surface area contributed by atoms with Crippen molar-refractivity contribution in [1.29, 1.82) is 0 Å². The Morgan fingerprint density at radius 1 is 1.09 bits per heavy atom. The van der Waals surface area contributed by atoms with Gasteiger partial charge in [-0.05, 0) is 48.7 Å². The summed E-state index contributed by atoms with van der Waals surface area (Å²) in [5.41, 5.74) is 2.47. The van der Waals surface area contributed by atoms with Crippen LogP contribution in [0.3, 0.4) is 0 Å². The summed E-state index contributed by atoms with van der Waals surface area (Å²) in [5.74, 6) is 0.806. The molecule has 0 aliphatic rings. The fraction of sp³-hybridized carbons (Fsp3) is 0.304. The van der Waals surface area contributed by atoms with E-state index < -0.39 is 0 Å². The number of halogens is 1. The number of hydrogen-bond acceptors (Lipinski definition) is 5. The zero-order valence-corrected chi connectivity index (χ0v) is 20.8. The summed E-state index contributed by atoms with van der Waals surface area (Å²) in [6, 6.07) is 14.5. The number of aromatic nitrogens is 3. The van der Waals surface area contributed by atoms with Gasteiger partial charge in [-0.2, -0.15) is 0 Å². The molecule has 3 aromatic rings. The van der Waals surface area contributed by atoms with Gasteiger partial charge >= 0.3 is 0 Å². The summed E-state index contributed by atoms with van der Waals surface area (Å²) in [6.07, 6.45) is 0. The van der Waals surface area contributed by atoms with E-state index in [4.69, 9.17) is 0 Å². The molecular formula is C23H26BrN5O2S. The van der Waals surface area contributed by atoms with Crippen molar-refractivity contribution in [2.24, 2.45) is 7.05 Å². The van der Waals surface area contributed by atoms with Crippen LogP contribution in [-0.2, 0) is 11.8 Å². The van der Waals surface area contributed by atoms with Crippen molar-refractivity contribution in [2.75, 3.05) is 11.1 Å². The first-order valence-corrected chi connectivity index (χ1v) is 12.0. The number of amides is 2. The number of nitrogens with one attached hydrogen (secondary N) is 2. The maximum atomic E-state index is 12.5. The molecular weight excluding hydrogens is 490 g/mol. The highest BCUT2D eigenvalue weighted by Crippen LogP contribution is 2.28. The van der Waals surface area contributed by atoms with Crippen molar-refractivity contribution in [3.05, 3.63) is 70.0 Å². The van der Waals surface area contributed by atoms with E-state index in [9.17, 15) is 9.59 Å². The van der Waals surface area contributed by atoms with Crippen LogP contribution in [0.4, 0.5) is 5.69 Å². The van der Waals surface area contributed by atoms with Crippen molar-refractivity contribution in [2.45, 2.75) is 37.9 Å². The zero-order chi connectivity index (χ0) is 23.3. The second-order valence-corrected chi connectivity index (χ2v) is 9.54. The molecule has 0 aliphatic carbocycles. The second-order valence-electron chi connectivity index (χ2n) is 7.68. The van der Waals surface area contributed by atoms with Crippen molar-refractivity contribution >= 4 is 45.2 Å². The number of nitrogens with zero attached hydrogens (tertiary/aromatic N) is 3. The van der Waals surface area contributed by atoms with Crippen LogP contribution in [-0.4, -0.2) is 32.3 Å². The SMILES string of the molecule is CC(C)c1cc(Br)ccc1NC(=O)CSc1nnc(C(C)NC(=O)c2ccccc2)n1C. The van der Waals surface area contributed by atoms with Gasteiger partial charge in [0.15, 0.2) is 11.0 Å². The van der Waals surface area contributed by atoms with E-state index in [1.807, 2.05) is 50.4 Å². The molecule has 168 valence electrons. The summed E-state index contributed by atoms with van der Waals surface area (Å²) in [6.45, 7) is 6.03. The van der Waals surface area contributed by atoms with Gasteiger partial charge < -0.3 is 15.2 Å². The smallest absolute Gasteiger partial charge is 0.251 e. The number of rotatable bonds is 8. The van der Waals surface area contributed by atoms with Gasteiger partial charge in [0, 0.05) is 22.8 Å². The van der Waals surface area contributed by atoms with E-state index in [2.05, 4.69) is 50.6 Å². The number of benzene rings is 2. The number of anilines is 1. The topological polar surface area (TPSA) is 88.9 Å². The maximum absolute atomic E-state index is 12.5. The molecule has 0 bridgehead atoms. The molecule has 2 N–H and O–H groups in total. The van der Waals surface area contributed by atoms with Crippen molar-refractivity contribution in [3.63, 3.8) is 0 Å².